The second-order valence-electron chi connectivity index (χ2n) is 9.29. The van der Waals surface area contributed by atoms with Crippen LogP contribution in [-0.4, -0.2) is 28.5 Å². The third-order valence-electron chi connectivity index (χ3n) is 6.06. The summed E-state index contributed by atoms with van der Waals surface area (Å²) in [6.07, 6.45) is 1.57. The number of nitrogens with zero attached hydrogens (tertiary/aromatic N) is 1. The smallest absolute Gasteiger partial charge is 0.272 e. The molecule has 0 atom stereocenters. The van der Waals surface area contributed by atoms with E-state index in [2.05, 4.69) is 20.9 Å². The predicted molar refractivity (Wildman–Crippen MR) is 175 cm³/mol. The molecule has 0 bridgehead atoms. The summed E-state index contributed by atoms with van der Waals surface area (Å²) in [5, 5.41) is 11.1. The van der Waals surface area contributed by atoms with E-state index in [4.69, 9.17) is 11.6 Å². The Morgan fingerprint density at radius 3 is 2.39 bits per heavy atom. The van der Waals surface area contributed by atoms with E-state index in [0.717, 1.165) is 10.5 Å². The SMILES string of the molecule is O=C(CSc1cccc(NC(=O)/C(=C/c2ccc(Cl)cc2)NC(=O)c2ccccc2)c1)Nc1nc(-c2ccc(F)cc2)cs1. The highest BCUT2D eigenvalue weighted by Gasteiger charge is 2.16. The van der Waals surface area contributed by atoms with Crippen molar-refractivity contribution in [3.05, 3.63) is 136 Å². The summed E-state index contributed by atoms with van der Waals surface area (Å²) >= 11 is 8.57. The topological polar surface area (TPSA) is 100 Å². The van der Waals surface area contributed by atoms with Gasteiger partial charge >= 0.3 is 0 Å². The van der Waals surface area contributed by atoms with Crippen LogP contribution in [0.4, 0.5) is 15.2 Å². The lowest BCUT2D eigenvalue weighted by molar-refractivity contribution is -0.114. The van der Waals surface area contributed by atoms with Crippen LogP contribution < -0.4 is 16.0 Å². The molecule has 0 aliphatic rings. The van der Waals surface area contributed by atoms with Gasteiger partial charge in [-0.3, -0.25) is 14.4 Å². The molecule has 0 unspecified atom stereocenters. The summed E-state index contributed by atoms with van der Waals surface area (Å²) in [4.78, 5) is 44.0. The molecule has 4 aromatic carbocycles. The molecule has 5 aromatic rings. The second-order valence-corrected chi connectivity index (χ2v) is 11.6. The minimum absolute atomic E-state index is 0.0436. The summed E-state index contributed by atoms with van der Waals surface area (Å²) in [6, 6.07) is 28.5. The van der Waals surface area contributed by atoms with E-state index in [-0.39, 0.29) is 23.2 Å². The van der Waals surface area contributed by atoms with Crippen LogP contribution in [0.1, 0.15) is 15.9 Å². The van der Waals surface area contributed by atoms with Crippen LogP contribution in [0.3, 0.4) is 0 Å². The Labute approximate surface area is 266 Å². The fraction of sp³-hybridized carbons (Fsp3) is 0.0303. The maximum atomic E-state index is 13.3. The van der Waals surface area contributed by atoms with Gasteiger partial charge < -0.3 is 16.0 Å². The Kier molecular flexibility index (Phi) is 10.2. The van der Waals surface area contributed by atoms with Crippen molar-refractivity contribution in [1.82, 2.24) is 10.3 Å². The zero-order chi connectivity index (χ0) is 30.9. The number of carbonyl (C=O) groups excluding carboxylic acids is 3. The first-order chi connectivity index (χ1) is 21.3. The van der Waals surface area contributed by atoms with Crippen molar-refractivity contribution in [3.8, 4) is 11.3 Å². The molecule has 0 aliphatic heterocycles. The predicted octanol–water partition coefficient (Wildman–Crippen LogP) is 7.74. The van der Waals surface area contributed by atoms with Crippen molar-refractivity contribution in [1.29, 1.82) is 0 Å². The molecule has 0 spiro atoms. The number of anilines is 2. The van der Waals surface area contributed by atoms with E-state index < -0.39 is 11.8 Å². The molecule has 3 N–H and O–H groups in total. The van der Waals surface area contributed by atoms with Crippen LogP contribution in [0.5, 0.6) is 0 Å². The molecule has 1 heterocycles. The molecule has 5 rings (SSSR count). The second kappa shape index (κ2) is 14.6. The summed E-state index contributed by atoms with van der Waals surface area (Å²) < 4.78 is 13.2. The van der Waals surface area contributed by atoms with Gasteiger partial charge in [-0.25, -0.2) is 9.37 Å². The summed E-state index contributed by atoms with van der Waals surface area (Å²) in [5.74, 6) is -1.42. The first-order valence-electron chi connectivity index (χ1n) is 13.2. The minimum Gasteiger partial charge on any atom is -0.321 e. The number of amides is 3. The molecular formula is C33H24ClFN4O3S2. The largest absolute Gasteiger partial charge is 0.321 e. The highest BCUT2D eigenvalue weighted by Crippen LogP contribution is 2.26. The lowest BCUT2D eigenvalue weighted by atomic mass is 10.1. The summed E-state index contributed by atoms with van der Waals surface area (Å²) in [5.41, 5.74) is 3.01. The number of thioether (sulfide) groups is 1. The van der Waals surface area contributed by atoms with Gasteiger partial charge in [0.05, 0.1) is 11.4 Å². The number of halogens is 2. The number of nitrogens with one attached hydrogen (secondary N) is 3. The molecular weight excluding hydrogens is 619 g/mol. The number of thiazole rings is 1. The molecule has 0 fully saturated rings. The monoisotopic (exact) mass is 642 g/mol. The number of hydrogen-bond donors (Lipinski definition) is 3. The maximum Gasteiger partial charge on any atom is 0.272 e. The number of hydrogen-bond acceptors (Lipinski definition) is 6. The van der Waals surface area contributed by atoms with E-state index >= 15 is 0 Å². The normalized spacial score (nSPS) is 11.1. The molecule has 0 radical (unpaired) electrons. The standard InChI is InChI=1S/C33H24ClFN4O3S2/c34-24-13-9-21(10-14-24)17-28(37-31(41)23-5-2-1-3-6-23)32(42)36-26-7-4-8-27(18-26)43-20-30(40)39-33-38-29(19-44-33)22-11-15-25(35)16-12-22/h1-19H,20H2,(H,36,42)(H,37,41)(H,38,39,40)/b28-17-. The Morgan fingerprint density at radius 1 is 0.886 bits per heavy atom. The van der Waals surface area contributed by atoms with E-state index in [0.29, 0.717) is 32.7 Å². The lowest BCUT2D eigenvalue weighted by Gasteiger charge is -2.12. The fourth-order valence-electron chi connectivity index (χ4n) is 3.92. The van der Waals surface area contributed by atoms with Gasteiger partial charge in [-0.15, -0.1) is 23.1 Å². The van der Waals surface area contributed by atoms with Crippen LogP contribution in [-0.2, 0) is 9.59 Å². The Bertz CT molecular complexity index is 1810. The summed E-state index contributed by atoms with van der Waals surface area (Å²) in [7, 11) is 0. The Balaban J connectivity index is 1.22. The van der Waals surface area contributed by atoms with E-state index in [1.807, 2.05) is 6.07 Å². The number of rotatable bonds is 10. The molecule has 3 amide bonds. The van der Waals surface area contributed by atoms with Crippen molar-refractivity contribution in [2.45, 2.75) is 4.90 Å². The number of benzene rings is 4. The Hall–Kier alpha value is -4.77. The maximum absolute atomic E-state index is 13.3. The van der Waals surface area contributed by atoms with Crippen molar-refractivity contribution in [2.24, 2.45) is 0 Å². The van der Waals surface area contributed by atoms with Crippen LogP contribution in [0.15, 0.2) is 119 Å². The van der Waals surface area contributed by atoms with Crippen LogP contribution >= 0.6 is 34.7 Å². The molecule has 0 aliphatic carbocycles. The van der Waals surface area contributed by atoms with E-state index in [1.54, 1.807) is 96.4 Å². The van der Waals surface area contributed by atoms with Crippen molar-refractivity contribution in [2.75, 3.05) is 16.4 Å². The van der Waals surface area contributed by atoms with Crippen LogP contribution in [0, 0.1) is 5.82 Å². The summed E-state index contributed by atoms with van der Waals surface area (Å²) in [6.45, 7) is 0. The molecule has 11 heteroatoms. The third-order valence-corrected chi connectivity index (χ3v) is 8.07. The number of carbonyl (C=O) groups is 3. The van der Waals surface area contributed by atoms with Gasteiger partial charge in [0.25, 0.3) is 11.8 Å². The molecule has 220 valence electrons. The third kappa shape index (κ3) is 8.63. The quantitative estimate of drug-likeness (QED) is 0.107. The highest BCUT2D eigenvalue weighted by atomic mass is 35.5. The first kappa shape index (κ1) is 30.7. The van der Waals surface area contributed by atoms with Crippen molar-refractivity contribution >= 4 is 69.3 Å². The van der Waals surface area contributed by atoms with Crippen LogP contribution in [0.2, 0.25) is 5.02 Å². The van der Waals surface area contributed by atoms with E-state index in [1.165, 1.54) is 35.2 Å². The average molecular weight is 643 g/mol. The average Bonchev–Trinajstić information content (AvgIpc) is 3.50. The zero-order valence-corrected chi connectivity index (χ0v) is 25.3. The number of aromatic nitrogens is 1. The van der Waals surface area contributed by atoms with Gasteiger partial charge in [0.1, 0.15) is 11.5 Å². The van der Waals surface area contributed by atoms with Gasteiger partial charge in [-0.2, -0.15) is 0 Å². The molecule has 7 nitrogen and oxygen atoms in total. The van der Waals surface area contributed by atoms with E-state index in [9.17, 15) is 18.8 Å². The van der Waals surface area contributed by atoms with Crippen LogP contribution in [0.25, 0.3) is 17.3 Å². The van der Waals surface area contributed by atoms with Crippen molar-refractivity contribution in [3.63, 3.8) is 0 Å². The van der Waals surface area contributed by atoms with Gasteiger partial charge in [0.2, 0.25) is 5.91 Å². The zero-order valence-electron chi connectivity index (χ0n) is 22.9. The molecule has 0 saturated heterocycles. The van der Waals surface area contributed by atoms with Crippen molar-refractivity contribution < 1.29 is 18.8 Å². The van der Waals surface area contributed by atoms with Gasteiger partial charge in [-0.05, 0) is 78.4 Å². The minimum atomic E-state index is -0.523. The lowest BCUT2D eigenvalue weighted by Crippen LogP contribution is -2.30. The Morgan fingerprint density at radius 2 is 1.64 bits per heavy atom. The van der Waals surface area contributed by atoms with Gasteiger partial charge in [-0.1, -0.05) is 48.0 Å². The van der Waals surface area contributed by atoms with Gasteiger partial charge in [0, 0.05) is 32.1 Å². The van der Waals surface area contributed by atoms with Gasteiger partial charge in [0.15, 0.2) is 5.13 Å². The molecule has 0 saturated carbocycles. The fourth-order valence-corrected chi connectivity index (χ4v) is 5.54. The molecule has 44 heavy (non-hydrogen) atoms. The first-order valence-corrected chi connectivity index (χ1v) is 15.5. The molecule has 1 aromatic heterocycles. The highest BCUT2D eigenvalue weighted by molar-refractivity contribution is 8.00.